The summed E-state index contributed by atoms with van der Waals surface area (Å²) < 4.78 is 5.70. The molecule has 1 amide bonds. The largest absolute Gasteiger partial charge is 0.493 e. The van der Waals surface area contributed by atoms with E-state index in [2.05, 4.69) is 5.32 Å². The Balaban J connectivity index is 1.78. The van der Waals surface area contributed by atoms with E-state index in [-0.39, 0.29) is 5.91 Å². The monoisotopic (exact) mass is 308 g/mol. The van der Waals surface area contributed by atoms with Crippen molar-refractivity contribution in [3.8, 4) is 5.75 Å². The van der Waals surface area contributed by atoms with Crippen LogP contribution in [0.2, 0.25) is 5.02 Å². The van der Waals surface area contributed by atoms with E-state index in [0.29, 0.717) is 34.8 Å². The minimum atomic E-state index is 0.0398. The summed E-state index contributed by atoms with van der Waals surface area (Å²) >= 11 is 6.06. The number of carbonyl (C=O) groups is 1. The number of halogens is 1. The number of likely N-dealkylation sites (tertiary alicyclic amines) is 1. The van der Waals surface area contributed by atoms with Gasteiger partial charge in [0, 0.05) is 31.2 Å². The number of benzene rings is 1. The van der Waals surface area contributed by atoms with E-state index in [1.165, 1.54) is 0 Å². The molecule has 114 valence electrons. The Morgan fingerprint density at radius 3 is 2.76 bits per heavy atom. The molecular weight excluding hydrogens is 288 g/mol. The molecule has 1 aromatic rings. The first kappa shape index (κ1) is 14.7. The molecule has 0 aliphatic carbocycles. The Morgan fingerprint density at radius 1 is 1.38 bits per heavy atom. The number of hydrogen-bond acceptors (Lipinski definition) is 3. The highest BCUT2D eigenvalue weighted by Gasteiger charge is 2.38. The number of hydrogen-bond donors (Lipinski definition) is 1. The van der Waals surface area contributed by atoms with E-state index in [1.54, 1.807) is 18.2 Å². The quantitative estimate of drug-likeness (QED) is 0.929. The Hall–Kier alpha value is -1.26. The summed E-state index contributed by atoms with van der Waals surface area (Å²) in [7, 11) is 0. The van der Waals surface area contributed by atoms with E-state index in [4.69, 9.17) is 16.3 Å². The highest BCUT2D eigenvalue weighted by atomic mass is 35.5. The lowest BCUT2D eigenvalue weighted by Crippen LogP contribution is -2.32. The molecule has 2 aliphatic heterocycles. The molecule has 2 saturated heterocycles. The average Bonchev–Trinajstić information content (AvgIpc) is 3.06. The first-order valence-corrected chi connectivity index (χ1v) is 7.99. The van der Waals surface area contributed by atoms with Crippen LogP contribution in [0.5, 0.6) is 5.75 Å². The van der Waals surface area contributed by atoms with Gasteiger partial charge in [-0.1, -0.05) is 18.5 Å². The number of fused-ring (bicyclic) bond motifs is 1. The normalized spacial score (nSPS) is 24.2. The fourth-order valence-electron chi connectivity index (χ4n) is 3.20. The molecule has 5 heteroatoms. The molecule has 2 heterocycles. The van der Waals surface area contributed by atoms with Crippen LogP contribution in [0.1, 0.15) is 23.7 Å². The van der Waals surface area contributed by atoms with Crippen LogP contribution >= 0.6 is 11.6 Å². The minimum Gasteiger partial charge on any atom is -0.493 e. The SMILES string of the molecule is CCCOc1ccc(Cl)cc1C(=O)N1C[C@H]2CNC[C@H]2C1. The molecule has 0 saturated carbocycles. The summed E-state index contributed by atoms with van der Waals surface area (Å²) in [5.41, 5.74) is 0.587. The standard InChI is InChI=1S/C16H21ClN2O2/c1-2-5-21-15-4-3-13(17)6-14(15)16(20)19-9-11-7-18-8-12(11)10-19/h3-4,6,11-12,18H,2,5,7-10H2,1H3/t11-,12+. The molecule has 1 aromatic carbocycles. The van der Waals surface area contributed by atoms with E-state index < -0.39 is 0 Å². The van der Waals surface area contributed by atoms with Crippen molar-refractivity contribution in [3.05, 3.63) is 28.8 Å². The molecular formula is C16H21ClN2O2. The van der Waals surface area contributed by atoms with Crippen molar-refractivity contribution < 1.29 is 9.53 Å². The summed E-state index contributed by atoms with van der Waals surface area (Å²) in [6.45, 7) is 6.35. The highest BCUT2D eigenvalue weighted by Crippen LogP contribution is 2.30. The Morgan fingerprint density at radius 2 is 2.10 bits per heavy atom. The van der Waals surface area contributed by atoms with Crippen LogP contribution in [0.15, 0.2) is 18.2 Å². The fourth-order valence-corrected chi connectivity index (χ4v) is 3.37. The van der Waals surface area contributed by atoms with Crippen LogP contribution in [-0.4, -0.2) is 43.6 Å². The lowest BCUT2D eigenvalue weighted by atomic mass is 10.0. The number of rotatable bonds is 4. The van der Waals surface area contributed by atoms with Crippen LogP contribution in [0.4, 0.5) is 0 Å². The van der Waals surface area contributed by atoms with Gasteiger partial charge in [0.15, 0.2) is 0 Å². The average molecular weight is 309 g/mol. The number of ether oxygens (including phenoxy) is 1. The number of nitrogens with zero attached hydrogens (tertiary/aromatic N) is 1. The van der Waals surface area contributed by atoms with Gasteiger partial charge < -0.3 is 15.0 Å². The molecule has 2 fully saturated rings. The van der Waals surface area contributed by atoms with Gasteiger partial charge in [0.25, 0.3) is 5.91 Å². The fraction of sp³-hybridized carbons (Fsp3) is 0.562. The van der Waals surface area contributed by atoms with Crippen molar-refractivity contribution in [1.29, 1.82) is 0 Å². The molecule has 2 atom stereocenters. The summed E-state index contributed by atoms with van der Waals surface area (Å²) in [4.78, 5) is 14.7. The van der Waals surface area contributed by atoms with Crippen LogP contribution in [-0.2, 0) is 0 Å². The molecule has 2 aliphatic rings. The van der Waals surface area contributed by atoms with Gasteiger partial charge in [0.05, 0.1) is 12.2 Å². The smallest absolute Gasteiger partial charge is 0.257 e. The topological polar surface area (TPSA) is 41.6 Å². The lowest BCUT2D eigenvalue weighted by molar-refractivity contribution is 0.0777. The predicted octanol–water partition coefficient (Wildman–Crippen LogP) is 2.42. The number of nitrogens with one attached hydrogen (secondary N) is 1. The predicted molar refractivity (Wildman–Crippen MR) is 83.0 cm³/mol. The lowest BCUT2D eigenvalue weighted by Gasteiger charge is -2.19. The third-order valence-corrected chi connectivity index (χ3v) is 4.55. The summed E-state index contributed by atoms with van der Waals surface area (Å²) in [5.74, 6) is 1.86. The van der Waals surface area contributed by atoms with Crippen LogP contribution in [0.3, 0.4) is 0 Å². The van der Waals surface area contributed by atoms with Crippen molar-refractivity contribution in [3.63, 3.8) is 0 Å². The number of amides is 1. The van der Waals surface area contributed by atoms with E-state index in [9.17, 15) is 4.79 Å². The summed E-state index contributed by atoms with van der Waals surface area (Å²) in [6.07, 6.45) is 0.912. The van der Waals surface area contributed by atoms with Crippen molar-refractivity contribution in [1.82, 2.24) is 10.2 Å². The van der Waals surface area contributed by atoms with Gasteiger partial charge in [-0.05, 0) is 36.5 Å². The Bertz CT molecular complexity index is 523. The second kappa shape index (κ2) is 6.24. The molecule has 0 radical (unpaired) electrons. The van der Waals surface area contributed by atoms with Gasteiger partial charge >= 0.3 is 0 Å². The van der Waals surface area contributed by atoms with E-state index in [0.717, 1.165) is 32.6 Å². The van der Waals surface area contributed by atoms with Gasteiger partial charge in [-0.2, -0.15) is 0 Å². The third kappa shape index (κ3) is 3.01. The molecule has 0 spiro atoms. The summed E-state index contributed by atoms with van der Waals surface area (Å²) in [5, 5.41) is 3.96. The third-order valence-electron chi connectivity index (χ3n) is 4.31. The summed E-state index contributed by atoms with van der Waals surface area (Å²) in [6, 6.07) is 5.29. The van der Waals surface area contributed by atoms with Gasteiger partial charge in [-0.15, -0.1) is 0 Å². The molecule has 0 unspecified atom stereocenters. The second-order valence-corrected chi connectivity index (χ2v) is 6.31. The van der Waals surface area contributed by atoms with Crippen LogP contribution < -0.4 is 10.1 Å². The molecule has 0 bridgehead atoms. The van der Waals surface area contributed by atoms with Crippen LogP contribution in [0, 0.1) is 11.8 Å². The van der Waals surface area contributed by atoms with Crippen LogP contribution in [0.25, 0.3) is 0 Å². The molecule has 1 N–H and O–H groups in total. The zero-order valence-corrected chi connectivity index (χ0v) is 13.0. The van der Waals surface area contributed by atoms with Gasteiger partial charge in [-0.3, -0.25) is 4.79 Å². The maximum atomic E-state index is 12.8. The Kier molecular flexibility index (Phi) is 4.36. The molecule has 4 nitrogen and oxygen atoms in total. The Labute approximate surface area is 130 Å². The first-order valence-electron chi connectivity index (χ1n) is 7.61. The van der Waals surface area contributed by atoms with Gasteiger partial charge in [0.1, 0.15) is 5.75 Å². The second-order valence-electron chi connectivity index (χ2n) is 5.88. The molecule has 0 aromatic heterocycles. The van der Waals surface area contributed by atoms with Gasteiger partial charge in [-0.25, -0.2) is 0 Å². The molecule has 3 rings (SSSR count). The maximum Gasteiger partial charge on any atom is 0.257 e. The minimum absolute atomic E-state index is 0.0398. The van der Waals surface area contributed by atoms with Crippen molar-refractivity contribution in [2.45, 2.75) is 13.3 Å². The van der Waals surface area contributed by atoms with E-state index >= 15 is 0 Å². The highest BCUT2D eigenvalue weighted by molar-refractivity contribution is 6.31. The first-order chi connectivity index (χ1) is 10.2. The van der Waals surface area contributed by atoms with Gasteiger partial charge in [0.2, 0.25) is 0 Å². The number of carbonyl (C=O) groups excluding carboxylic acids is 1. The zero-order valence-electron chi connectivity index (χ0n) is 12.3. The van der Waals surface area contributed by atoms with E-state index in [1.807, 2.05) is 11.8 Å². The van der Waals surface area contributed by atoms with Crippen molar-refractivity contribution in [2.24, 2.45) is 11.8 Å². The zero-order chi connectivity index (χ0) is 14.8. The van der Waals surface area contributed by atoms with Crippen molar-refractivity contribution in [2.75, 3.05) is 32.8 Å². The van der Waals surface area contributed by atoms with Crippen molar-refractivity contribution >= 4 is 17.5 Å². The molecule has 21 heavy (non-hydrogen) atoms. The maximum absolute atomic E-state index is 12.8.